The third-order valence-corrected chi connectivity index (χ3v) is 4.95. The lowest BCUT2D eigenvalue weighted by molar-refractivity contribution is -0.136. The fourth-order valence-electron chi connectivity index (χ4n) is 1.50. The van der Waals surface area contributed by atoms with Crippen LogP contribution >= 0.6 is 34.7 Å². The van der Waals surface area contributed by atoms with Crippen molar-refractivity contribution in [1.82, 2.24) is 9.97 Å². The summed E-state index contributed by atoms with van der Waals surface area (Å²) < 4.78 is 0.649. The molecule has 22 heavy (non-hydrogen) atoms. The number of carboxylic acids is 1. The minimum absolute atomic E-state index is 0.122. The van der Waals surface area contributed by atoms with Gasteiger partial charge in [-0.25, -0.2) is 9.97 Å². The number of aromatic nitrogens is 2. The quantitative estimate of drug-likeness (QED) is 0.610. The van der Waals surface area contributed by atoms with Gasteiger partial charge < -0.3 is 10.4 Å². The van der Waals surface area contributed by atoms with Gasteiger partial charge in [0.15, 0.2) is 9.49 Å². The van der Waals surface area contributed by atoms with Crippen molar-refractivity contribution in [3.8, 4) is 0 Å². The number of anilines is 1. The van der Waals surface area contributed by atoms with Crippen LogP contribution in [0.25, 0.3) is 0 Å². The van der Waals surface area contributed by atoms with Crippen molar-refractivity contribution in [2.45, 2.75) is 22.9 Å². The van der Waals surface area contributed by atoms with Gasteiger partial charge in [0.1, 0.15) is 0 Å². The van der Waals surface area contributed by atoms with Crippen molar-refractivity contribution in [2.24, 2.45) is 0 Å². The van der Waals surface area contributed by atoms with E-state index in [1.54, 1.807) is 24.4 Å². The summed E-state index contributed by atoms with van der Waals surface area (Å²) in [6.07, 6.45) is 1.42. The number of thiazole rings is 1. The number of pyridine rings is 1. The van der Waals surface area contributed by atoms with Gasteiger partial charge in [0.25, 0.3) is 0 Å². The molecule has 2 rings (SSSR count). The number of hydrogen-bond donors (Lipinski definition) is 2. The monoisotopic (exact) mass is 357 g/mol. The number of nitrogens with zero attached hydrogens (tertiary/aromatic N) is 2. The summed E-state index contributed by atoms with van der Waals surface area (Å²) >= 11 is 8.47. The van der Waals surface area contributed by atoms with Gasteiger partial charge in [-0.3, -0.25) is 9.59 Å². The van der Waals surface area contributed by atoms with E-state index in [9.17, 15) is 9.59 Å². The lowest BCUT2D eigenvalue weighted by Gasteiger charge is -2.10. The van der Waals surface area contributed by atoms with Crippen LogP contribution in [0.4, 0.5) is 5.69 Å². The molecule has 0 aromatic carbocycles. The molecule has 116 valence electrons. The summed E-state index contributed by atoms with van der Waals surface area (Å²) in [5.74, 6) is -1.16. The maximum absolute atomic E-state index is 12.1. The first-order valence-corrected chi connectivity index (χ1v) is 8.33. The van der Waals surface area contributed by atoms with Crippen molar-refractivity contribution in [3.63, 3.8) is 0 Å². The summed E-state index contributed by atoms with van der Waals surface area (Å²) in [5, 5.41) is 12.9. The molecule has 0 aliphatic heterocycles. The van der Waals surface area contributed by atoms with E-state index < -0.39 is 11.2 Å². The number of carboxylic acid groups (broad SMARTS) is 1. The minimum Gasteiger partial charge on any atom is -0.481 e. The van der Waals surface area contributed by atoms with Crippen LogP contribution in [0.5, 0.6) is 0 Å². The largest absolute Gasteiger partial charge is 0.481 e. The molecular formula is C13H12ClN3O3S2. The second-order valence-corrected chi connectivity index (χ2v) is 7.07. The van der Waals surface area contributed by atoms with Crippen LogP contribution in [0.15, 0.2) is 28.0 Å². The maximum atomic E-state index is 12.1. The molecule has 0 aliphatic rings. The van der Waals surface area contributed by atoms with Crippen LogP contribution in [-0.4, -0.2) is 32.2 Å². The van der Waals surface area contributed by atoms with E-state index in [1.807, 2.05) is 0 Å². The van der Waals surface area contributed by atoms with Gasteiger partial charge in [-0.05, 0) is 19.1 Å². The second kappa shape index (κ2) is 7.57. The van der Waals surface area contributed by atoms with Crippen LogP contribution in [0, 0.1) is 0 Å². The van der Waals surface area contributed by atoms with Gasteiger partial charge in [-0.15, -0.1) is 11.3 Å². The Morgan fingerprint density at radius 2 is 2.32 bits per heavy atom. The second-order valence-electron chi connectivity index (χ2n) is 4.27. The smallest absolute Gasteiger partial charge is 0.309 e. The summed E-state index contributed by atoms with van der Waals surface area (Å²) in [4.78, 5) is 30.8. The molecule has 1 atom stereocenters. The highest BCUT2D eigenvalue weighted by Gasteiger charge is 2.18. The number of nitrogens with one attached hydrogen (secondary N) is 1. The molecule has 9 heteroatoms. The third-order valence-electron chi connectivity index (χ3n) is 2.53. The molecule has 2 aromatic rings. The topological polar surface area (TPSA) is 92.2 Å². The molecule has 1 amide bonds. The average Bonchev–Trinajstić information content (AvgIpc) is 2.87. The van der Waals surface area contributed by atoms with E-state index in [0.29, 0.717) is 15.7 Å². The Morgan fingerprint density at radius 3 is 3.00 bits per heavy atom. The first-order chi connectivity index (χ1) is 10.5. The molecule has 6 nitrogen and oxygen atoms in total. The van der Waals surface area contributed by atoms with Gasteiger partial charge in [-0.1, -0.05) is 23.4 Å². The van der Waals surface area contributed by atoms with Crippen LogP contribution in [-0.2, 0) is 16.0 Å². The van der Waals surface area contributed by atoms with Crippen LogP contribution in [0.1, 0.15) is 12.6 Å². The molecule has 2 aromatic heterocycles. The normalized spacial score (nSPS) is 11.9. The minimum atomic E-state index is -0.932. The molecule has 0 spiro atoms. The molecule has 2 N–H and O–H groups in total. The number of carbonyl (C=O) groups is 2. The Morgan fingerprint density at radius 1 is 1.55 bits per heavy atom. The summed E-state index contributed by atoms with van der Waals surface area (Å²) in [6, 6.07) is 3.34. The first-order valence-electron chi connectivity index (χ1n) is 6.20. The summed E-state index contributed by atoms with van der Waals surface area (Å²) in [5.41, 5.74) is 0.940. The molecule has 0 aliphatic carbocycles. The molecule has 0 saturated carbocycles. The van der Waals surface area contributed by atoms with E-state index in [2.05, 4.69) is 15.3 Å². The zero-order valence-electron chi connectivity index (χ0n) is 11.4. The summed E-state index contributed by atoms with van der Waals surface area (Å²) in [6.45, 7) is 1.74. The van der Waals surface area contributed by atoms with Gasteiger partial charge in [0.2, 0.25) is 5.91 Å². The van der Waals surface area contributed by atoms with Crippen molar-refractivity contribution in [2.75, 3.05) is 5.32 Å². The molecule has 2 heterocycles. The SMILES string of the molecule is C[C@H](Sc1nc(CC(=O)O)cs1)C(=O)Nc1cccnc1Cl. The van der Waals surface area contributed by atoms with Gasteiger partial charge >= 0.3 is 5.97 Å². The fraction of sp³-hybridized carbons (Fsp3) is 0.231. The number of halogens is 1. The number of carbonyl (C=O) groups excluding carboxylic acids is 1. The highest BCUT2D eigenvalue weighted by atomic mass is 35.5. The van der Waals surface area contributed by atoms with Gasteiger partial charge in [-0.2, -0.15) is 0 Å². The average molecular weight is 358 g/mol. The number of hydrogen-bond acceptors (Lipinski definition) is 6. The van der Waals surface area contributed by atoms with Crippen molar-refractivity contribution in [3.05, 3.63) is 34.6 Å². The maximum Gasteiger partial charge on any atom is 0.309 e. The lowest BCUT2D eigenvalue weighted by Crippen LogP contribution is -2.22. The zero-order chi connectivity index (χ0) is 16.1. The Balaban J connectivity index is 1.95. The highest BCUT2D eigenvalue weighted by Crippen LogP contribution is 2.28. The fourth-order valence-corrected chi connectivity index (χ4v) is 3.64. The molecule has 0 fully saturated rings. The zero-order valence-corrected chi connectivity index (χ0v) is 13.8. The number of aliphatic carboxylic acids is 1. The van der Waals surface area contributed by atoms with Gasteiger partial charge in [0, 0.05) is 11.6 Å². The van der Waals surface area contributed by atoms with Crippen LogP contribution in [0.2, 0.25) is 5.15 Å². The molecule has 0 bridgehead atoms. The predicted octanol–water partition coefficient (Wildman–Crippen LogP) is 2.94. The number of thioether (sulfide) groups is 1. The van der Waals surface area contributed by atoms with E-state index >= 15 is 0 Å². The van der Waals surface area contributed by atoms with E-state index in [-0.39, 0.29) is 17.5 Å². The molecule has 0 radical (unpaired) electrons. The van der Waals surface area contributed by atoms with Crippen LogP contribution < -0.4 is 5.32 Å². The van der Waals surface area contributed by atoms with Crippen molar-refractivity contribution in [1.29, 1.82) is 0 Å². The first kappa shape index (κ1) is 16.7. The van der Waals surface area contributed by atoms with E-state index in [0.717, 1.165) is 0 Å². The van der Waals surface area contributed by atoms with Crippen molar-refractivity contribution < 1.29 is 14.7 Å². The standard InChI is InChI=1S/C13H12ClN3O3S2/c1-7(12(20)17-9-3-2-4-15-11(9)14)22-13-16-8(6-21-13)5-10(18)19/h2-4,6-7H,5H2,1H3,(H,17,20)(H,18,19)/t7-/m0/s1. The van der Waals surface area contributed by atoms with Gasteiger partial charge in [0.05, 0.1) is 23.1 Å². The van der Waals surface area contributed by atoms with Crippen LogP contribution in [0.3, 0.4) is 0 Å². The van der Waals surface area contributed by atoms with Crippen molar-refractivity contribution >= 4 is 52.3 Å². The lowest BCUT2D eigenvalue weighted by atomic mass is 10.3. The summed E-state index contributed by atoms with van der Waals surface area (Å²) in [7, 11) is 0. The molecule has 0 saturated heterocycles. The Labute approximate surface area is 139 Å². The number of rotatable bonds is 6. The molecular weight excluding hydrogens is 346 g/mol. The Bertz CT molecular complexity index is 693. The third kappa shape index (κ3) is 4.69. The van der Waals surface area contributed by atoms with E-state index in [4.69, 9.17) is 16.7 Å². The highest BCUT2D eigenvalue weighted by molar-refractivity contribution is 8.02. The number of amides is 1. The Hall–Kier alpha value is -1.64. The Kier molecular flexibility index (Phi) is 5.76. The predicted molar refractivity (Wildman–Crippen MR) is 86.6 cm³/mol. The molecule has 0 unspecified atom stereocenters. The van der Waals surface area contributed by atoms with E-state index in [1.165, 1.54) is 29.3 Å².